The van der Waals surface area contributed by atoms with Gasteiger partial charge in [0.05, 0.1) is 29.1 Å². The van der Waals surface area contributed by atoms with Gasteiger partial charge in [0.15, 0.2) is 16.4 Å². The summed E-state index contributed by atoms with van der Waals surface area (Å²) in [6, 6.07) is 4.15. The number of likely N-dealkylation sites (N-methyl/N-ethyl adjacent to an activating group) is 1. The number of amides is 1. The van der Waals surface area contributed by atoms with Gasteiger partial charge in [0.2, 0.25) is 0 Å². The van der Waals surface area contributed by atoms with Gasteiger partial charge in [-0.05, 0) is 18.6 Å². The third kappa shape index (κ3) is 4.66. The van der Waals surface area contributed by atoms with Gasteiger partial charge in [-0.15, -0.1) is 0 Å². The van der Waals surface area contributed by atoms with E-state index in [1.54, 1.807) is 13.1 Å². The summed E-state index contributed by atoms with van der Waals surface area (Å²) < 4.78 is 36.4. The van der Waals surface area contributed by atoms with Gasteiger partial charge in [0.1, 0.15) is 12.4 Å². The minimum absolute atomic E-state index is 0.00305. The highest BCUT2D eigenvalue weighted by Crippen LogP contribution is 2.17. The lowest BCUT2D eigenvalue weighted by atomic mass is 10.2. The number of carbonyl (C=O) groups is 1. The fourth-order valence-corrected chi connectivity index (χ4v) is 4.43. The van der Waals surface area contributed by atoms with Gasteiger partial charge >= 0.3 is 0 Å². The SMILES string of the molecule is C[NH+](CC(=O)N[C@@H]1CCS(=O)(=O)C1)Cc1c(F)cccc1Cl. The minimum Gasteiger partial charge on any atom is -0.347 e. The quantitative estimate of drug-likeness (QED) is 0.773. The van der Waals surface area contributed by atoms with E-state index in [9.17, 15) is 17.6 Å². The Bertz CT molecular complexity index is 646. The second-order valence-corrected chi connectivity index (χ2v) is 8.31. The lowest BCUT2D eigenvalue weighted by Crippen LogP contribution is -3.09. The second-order valence-electron chi connectivity index (χ2n) is 5.68. The summed E-state index contributed by atoms with van der Waals surface area (Å²) in [5.74, 6) is -0.524. The maximum atomic E-state index is 13.7. The van der Waals surface area contributed by atoms with Crippen LogP contribution in [0.4, 0.5) is 4.39 Å². The van der Waals surface area contributed by atoms with E-state index in [-0.39, 0.29) is 36.5 Å². The molecule has 0 aromatic heterocycles. The summed E-state index contributed by atoms with van der Waals surface area (Å²) in [7, 11) is -1.26. The molecule has 1 unspecified atom stereocenters. The van der Waals surface area contributed by atoms with Crippen LogP contribution in [0.5, 0.6) is 0 Å². The van der Waals surface area contributed by atoms with E-state index in [2.05, 4.69) is 5.32 Å². The Hall–Kier alpha value is -1.18. The van der Waals surface area contributed by atoms with E-state index in [4.69, 9.17) is 11.6 Å². The normalized spacial score (nSPS) is 21.5. The highest BCUT2D eigenvalue weighted by atomic mass is 35.5. The van der Waals surface area contributed by atoms with Crippen molar-refractivity contribution >= 4 is 27.3 Å². The summed E-state index contributed by atoms with van der Waals surface area (Å²) in [5.41, 5.74) is 0.373. The van der Waals surface area contributed by atoms with Crippen LogP contribution >= 0.6 is 11.6 Å². The van der Waals surface area contributed by atoms with Gasteiger partial charge in [0, 0.05) is 6.04 Å². The van der Waals surface area contributed by atoms with Gasteiger partial charge in [-0.3, -0.25) is 4.79 Å². The Morgan fingerprint density at radius 3 is 2.82 bits per heavy atom. The number of hydrogen-bond acceptors (Lipinski definition) is 3. The molecule has 2 N–H and O–H groups in total. The van der Waals surface area contributed by atoms with Gasteiger partial charge < -0.3 is 10.2 Å². The number of rotatable bonds is 5. The van der Waals surface area contributed by atoms with Crippen molar-refractivity contribution in [2.75, 3.05) is 25.1 Å². The predicted octanol–water partition coefficient (Wildman–Crippen LogP) is -0.203. The molecule has 0 bridgehead atoms. The van der Waals surface area contributed by atoms with E-state index in [1.807, 2.05) is 0 Å². The first-order chi connectivity index (χ1) is 10.3. The molecule has 1 heterocycles. The van der Waals surface area contributed by atoms with Crippen molar-refractivity contribution in [3.8, 4) is 0 Å². The number of benzene rings is 1. The Balaban J connectivity index is 1.87. The fraction of sp³-hybridized carbons (Fsp3) is 0.500. The van der Waals surface area contributed by atoms with Crippen LogP contribution in [0.25, 0.3) is 0 Å². The molecule has 0 radical (unpaired) electrons. The van der Waals surface area contributed by atoms with Crippen molar-refractivity contribution in [1.82, 2.24) is 5.32 Å². The van der Waals surface area contributed by atoms with Gasteiger partial charge in [-0.1, -0.05) is 17.7 Å². The molecular formula is C14H19ClFN2O3S+. The standard InChI is InChI=1S/C14H18ClFN2O3S/c1-18(7-11-12(15)3-2-4-13(11)16)8-14(19)17-10-5-6-22(20,21)9-10/h2-4,10H,5-9H2,1H3,(H,17,19)/p+1/t10-/m1/s1. The van der Waals surface area contributed by atoms with Crippen LogP contribution in [0.1, 0.15) is 12.0 Å². The molecule has 1 saturated heterocycles. The lowest BCUT2D eigenvalue weighted by molar-refractivity contribution is -0.885. The van der Waals surface area contributed by atoms with Gasteiger partial charge in [0.25, 0.3) is 5.91 Å². The van der Waals surface area contributed by atoms with E-state index in [1.165, 1.54) is 12.1 Å². The van der Waals surface area contributed by atoms with E-state index in [0.29, 0.717) is 17.0 Å². The average molecular weight is 350 g/mol. The molecule has 2 rings (SSSR count). The van der Waals surface area contributed by atoms with Crippen molar-refractivity contribution in [2.45, 2.75) is 19.0 Å². The summed E-state index contributed by atoms with van der Waals surface area (Å²) in [5, 5.41) is 3.05. The molecule has 1 aliphatic rings. The first-order valence-electron chi connectivity index (χ1n) is 7.01. The molecular weight excluding hydrogens is 331 g/mol. The number of hydrogen-bond donors (Lipinski definition) is 2. The monoisotopic (exact) mass is 349 g/mol. The molecule has 22 heavy (non-hydrogen) atoms. The minimum atomic E-state index is -3.02. The Morgan fingerprint density at radius 2 is 2.23 bits per heavy atom. The van der Waals surface area contributed by atoms with Crippen LogP contribution < -0.4 is 10.2 Å². The number of sulfone groups is 1. The maximum absolute atomic E-state index is 13.7. The molecule has 1 aliphatic heterocycles. The second kappa shape index (κ2) is 6.93. The van der Waals surface area contributed by atoms with Crippen molar-refractivity contribution < 1.29 is 22.5 Å². The van der Waals surface area contributed by atoms with Crippen molar-refractivity contribution in [3.05, 3.63) is 34.6 Å². The van der Waals surface area contributed by atoms with Crippen molar-refractivity contribution in [2.24, 2.45) is 0 Å². The molecule has 1 amide bonds. The average Bonchev–Trinajstić information content (AvgIpc) is 2.73. The van der Waals surface area contributed by atoms with Gasteiger partial charge in [-0.25, -0.2) is 12.8 Å². The van der Waals surface area contributed by atoms with Crippen molar-refractivity contribution in [1.29, 1.82) is 0 Å². The first-order valence-corrected chi connectivity index (χ1v) is 9.21. The molecule has 8 heteroatoms. The van der Waals surface area contributed by atoms with E-state index < -0.39 is 15.7 Å². The smallest absolute Gasteiger partial charge is 0.275 e. The largest absolute Gasteiger partial charge is 0.347 e. The third-order valence-electron chi connectivity index (χ3n) is 3.60. The molecule has 0 aliphatic carbocycles. The zero-order valence-electron chi connectivity index (χ0n) is 12.2. The zero-order valence-corrected chi connectivity index (χ0v) is 13.8. The molecule has 5 nitrogen and oxygen atoms in total. The van der Waals surface area contributed by atoms with Gasteiger partial charge in [-0.2, -0.15) is 0 Å². The topological polar surface area (TPSA) is 67.7 Å². The Morgan fingerprint density at radius 1 is 1.50 bits per heavy atom. The number of quaternary nitrogens is 1. The third-order valence-corrected chi connectivity index (χ3v) is 5.72. The van der Waals surface area contributed by atoms with E-state index >= 15 is 0 Å². The van der Waals surface area contributed by atoms with Crippen molar-refractivity contribution in [3.63, 3.8) is 0 Å². The summed E-state index contributed by atoms with van der Waals surface area (Å²) in [6.45, 7) is 0.406. The summed E-state index contributed by atoms with van der Waals surface area (Å²) in [4.78, 5) is 12.7. The Labute approximate surface area is 134 Å². The number of nitrogens with one attached hydrogen (secondary N) is 2. The van der Waals surface area contributed by atoms with E-state index in [0.717, 1.165) is 4.90 Å². The number of carbonyl (C=O) groups excluding carboxylic acids is 1. The highest BCUT2D eigenvalue weighted by Gasteiger charge is 2.29. The molecule has 0 spiro atoms. The highest BCUT2D eigenvalue weighted by molar-refractivity contribution is 7.91. The molecule has 1 fully saturated rings. The Kier molecular flexibility index (Phi) is 5.41. The van der Waals surface area contributed by atoms with Crippen LogP contribution in [0.3, 0.4) is 0 Å². The zero-order chi connectivity index (χ0) is 16.3. The first kappa shape index (κ1) is 17.2. The molecule has 0 saturated carbocycles. The maximum Gasteiger partial charge on any atom is 0.275 e. The lowest BCUT2D eigenvalue weighted by Gasteiger charge is -2.16. The summed E-state index contributed by atoms with van der Waals surface area (Å²) in [6.07, 6.45) is 0.451. The van der Waals surface area contributed by atoms with Crippen LogP contribution in [0.2, 0.25) is 5.02 Å². The van der Waals surface area contributed by atoms with Crippen LogP contribution in [0, 0.1) is 5.82 Å². The molecule has 1 aromatic carbocycles. The number of halogens is 2. The molecule has 1 aromatic rings. The summed E-state index contributed by atoms with van der Waals surface area (Å²) >= 11 is 5.96. The molecule has 122 valence electrons. The van der Waals surface area contributed by atoms with Crippen LogP contribution in [-0.4, -0.2) is 45.5 Å². The predicted molar refractivity (Wildman–Crippen MR) is 82.1 cm³/mol. The fourth-order valence-electron chi connectivity index (χ4n) is 2.53. The molecule has 2 atom stereocenters. The van der Waals surface area contributed by atoms with Crippen LogP contribution in [-0.2, 0) is 21.2 Å². The van der Waals surface area contributed by atoms with Crippen LogP contribution in [0.15, 0.2) is 18.2 Å².